The average molecular weight is 480 g/mol. The van der Waals surface area contributed by atoms with Crippen LogP contribution in [-0.4, -0.2) is 29.2 Å². The molecule has 0 fully saturated rings. The van der Waals surface area contributed by atoms with Gasteiger partial charge in [0, 0.05) is 27.5 Å². The largest absolute Gasteiger partial charge is 0.494 e. The van der Waals surface area contributed by atoms with Gasteiger partial charge in [-0.3, -0.25) is 9.59 Å². The number of nitrogens with one attached hydrogen (secondary N) is 3. The second-order valence-corrected chi connectivity index (χ2v) is 8.49. The Morgan fingerprint density at radius 1 is 0.879 bits per heavy atom. The Bertz CT molecular complexity index is 1120. The number of amides is 1. The maximum Gasteiger partial charge on any atom is 0.234 e. The quantitative estimate of drug-likeness (QED) is 0.202. The van der Waals surface area contributed by atoms with Crippen molar-refractivity contribution in [2.75, 3.05) is 28.3 Å². The van der Waals surface area contributed by atoms with E-state index in [1.54, 1.807) is 24.3 Å². The molecule has 3 rings (SSSR count). The third-order valence-corrected chi connectivity index (χ3v) is 5.66. The molecule has 0 aliphatic carbocycles. The van der Waals surface area contributed by atoms with Crippen LogP contribution in [0.1, 0.15) is 24.2 Å². The van der Waals surface area contributed by atoms with Crippen molar-refractivity contribution < 1.29 is 14.3 Å². The van der Waals surface area contributed by atoms with E-state index in [0.717, 1.165) is 27.7 Å². The summed E-state index contributed by atoms with van der Waals surface area (Å²) in [4.78, 5) is 24.6. The van der Waals surface area contributed by atoms with Crippen molar-refractivity contribution in [1.82, 2.24) is 0 Å². The molecule has 0 aliphatic rings. The number of ether oxygens (including phenoxy) is 1. The van der Waals surface area contributed by atoms with Crippen LogP contribution in [0.25, 0.3) is 0 Å². The van der Waals surface area contributed by atoms with Gasteiger partial charge in [0.1, 0.15) is 5.75 Å². The highest BCUT2D eigenvalue weighted by atomic mass is 32.2. The zero-order valence-electron chi connectivity index (χ0n) is 18.4. The number of carbonyl (C=O) groups excluding carboxylic acids is 2. The summed E-state index contributed by atoms with van der Waals surface area (Å²) in [6.45, 7) is 4.06. The summed E-state index contributed by atoms with van der Waals surface area (Å²) >= 11 is 6.82. The molecular weight excluding hydrogens is 454 g/mol. The first kappa shape index (κ1) is 24.3. The zero-order valence-corrected chi connectivity index (χ0v) is 20.0. The molecule has 0 saturated heterocycles. The number of thioether (sulfide) groups is 1. The fourth-order valence-corrected chi connectivity index (χ4v) is 3.88. The Morgan fingerprint density at radius 3 is 2.18 bits per heavy atom. The summed E-state index contributed by atoms with van der Waals surface area (Å²) in [6, 6.07) is 22.1. The fourth-order valence-electron chi connectivity index (χ4n) is 2.89. The lowest BCUT2D eigenvalue weighted by Gasteiger charge is -2.12. The van der Waals surface area contributed by atoms with Crippen molar-refractivity contribution in [2.24, 2.45) is 0 Å². The number of Topliss-reactive ketones (excluding diaryl/α,β-unsaturated/α-hetero) is 1. The van der Waals surface area contributed by atoms with Crippen LogP contribution in [0.3, 0.4) is 0 Å². The molecule has 1 amide bonds. The normalized spacial score (nSPS) is 10.2. The number of rotatable bonds is 9. The van der Waals surface area contributed by atoms with Crippen LogP contribution in [0.15, 0.2) is 77.7 Å². The Hall–Kier alpha value is -3.36. The highest BCUT2D eigenvalue weighted by molar-refractivity contribution is 8.00. The molecule has 0 unspecified atom stereocenters. The molecule has 0 saturated carbocycles. The molecule has 0 aromatic heterocycles. The van der Waals surface area contributed by atoms with E-state index < -0.39 is 0 Å². The van der Waals surface area contributed by atoms with E-state index in [1.807, 2.05) is 55.5 Å². The van der Waals surface area contributed by atoms with Crippen molar-refractivity contribution in [3.8, 4) is 5.75 Å². The first-order chi connectivity index (χ1) is 15.9. The molecule has 0 heterocycles. The highest BCUT2D eigenvalue weighted by Crippen LogP contribution is 2.23. The summed E-state index contributed by atoms with van der Waals surface area (Å²) in [5.41, 5.74) is 2.97. The van der Waals surface area contributed by atoms with E-state index in [4.69, 9.17) is 17.0 Å². The van der Waals surface area contributed by atoms with Gasteiger partial charge in [-0.15, -0.1) is 11.8 Å². The van der Waals surface area contributed by atoms with Crippen molar-refractivity contribution in [2.45, 2.75) is 18.7 Å². The van der Waals surface area contributed by atoms with Crippen LogP contribution >= 0.6 is 24.0 Å². The first-order valence-electron chi connectivity index (χ1n) is 10.4. The van der Waals surface area contributed by atoms with Crippen LogP contribution in [0.5, 0.6) is 5.75 Å². The van der Waals surface area contributed by atoms with Crippen LogP contribution in [0.4, 0.5) is 17.1 Å². The van der Waals surface area contributed by atoms with E-state index in [1.165, 1.54) is 18.7 Å². The molecule has 8 heteroatoms. The minimum absolute atomic E-state index is 0.0183. The number of thiocarbonyl (C=S) groups is 1. The summed E-state index contributed by atoms with van der Waals surface area (Å²) in [5, 5.41) is 9.55. The maximum absolute atomic E-state index is 12.3. The van der Waals surface area contributed by atoms with Crippen molar-refractivity contribution >= 4 is 57.8 Å². The molecule has 6 nitrogen and oxygen atoms in total. The summed E-state index contributed by atoms with van der Waals surface area (Å²) in [6.07, 6.45) is 0. The third-order valence-electron chi connectivity index (χ3n) is 4.46. The minimum Gasteiger partial charge on any atom is -0.494 e. The summed E-state index contributed by atoms with van der Waals surface area (Å²) in [5.74, 6) is 0.982. The van der Waals surface area contributed by atoms with Gasteiger partial charge in [-0.05, 0) is 92.8 Å². The van der Waals surface area contributed by atoms with E-state index in [2.05, 4.69) is 16.0 Å². The molecule has 0 spiro atoms. The van der Waals surface area contributed by atoms with Crippen LogP contribution in [0, 0.1) is 0 Å². The van der Waals surface area contributed by atoms with Gasteiger partial charge < -0.3 is 20.7 Å². The lowest BCUT2D eigenvalue weighted by molar-refractivity contribution is -0.113. The van der Waals surface area contributed by atoms with E-state index >= 15 is 0 Å². The smallest absolute Gasteiger partial charge is 0.234 e. The Balaban J connectivity index is 1.49. The molecule has 0 bridgehead atoms. The monoisotopic (exact) mass is 479 g/mol. The second kappa shape index (κ2) is 12.0. The number of hydrogen-bond donors (Lipinski definition) is 3. The third kappa shape index (κ3) is 7.93. The highest BCUT2D eigenvalue weighted by Gasteiger charge is 2.06. The summed E-state index contributed by atoms with van der Waals surface area (Å²) in [7, 11) is 0. The topological polar surface area (TPSA) is 79.5 Å². The van der Waals surface area contributed by atoms with Crippen molar-refractivity contribution in [3.63, 3.8) is 0 Å². The Morgan fingerprint density at radius 2 is 1.52 bits per heavy atom. The number of anilines is 3. The molecule has 0 aliphatic heterocycles. The van der Waals surface area contributed by atoms with Gasteiger partial charge in [-0.25, -0.2) is 0 Å². The molecular formula is C25H25N3O3S2. The van der Waals surface area contributed by atoms with E-state index in [-0.39, 0.29) is 17.4 Å². The number of hydrogen-bond acceptors (Lipinski definition) is 5. The number of carbonyl (C=O) groups is 2. The Labute approximate surface area is 203 Å². The molecule has 33 heavy (non-hydrogen) atoms. The van der Waals surface area contributed by atoms with Gasteiger partial charge in [-0.1, -0.05) is 6.07 Å². The fraction of sp³-hybridized carbons (Fsp3) is 0.160. The van der Waals surface area contributed by atoms with Crippen LogP contribution in [0.2, 0.25) is 0 Å². The van der Waals surface area contributed by atoms with E-state index in [0.29, 0.717) is 17.3 Å². The molecule has 0 atom stereocenters. The standard InChI is InChI=1S/C25H25N3O3S2/c1-3-31-22-13-11-19(12-14-22)26-24(30)16-33-23-6-4-5-21(15-23)28-25(32)27-20-9-7-18(8-10-20)17(2)29/h4-15H,3,16H2,1-2H3,(H,26,30)(H2,27,28,32). The number of ketones is 1. The molecule has 3 N–H and O–H groups in total. The van der Waals surface area contributed by atoms with Gasteiger partial charge in [0.25, 0.3) is 0 Å². The van der Waals surface area contributed by atoms with Crippen molar-refractivity contribution in [1.29, 1.82) is 0 Å². The van der Waals surface area contributed by atoms with Gasteiger partial charge >= 0.3 is 0 Å². The van der Waals surface area contributed by atoms with Gasteiger partial charge in [0.2, 0.25) is 5.91 Å². The van der Waals surface area contributed by atoms with Crippen LogP contribution < -0.4 is 20.7 Å². The summed E-state index contributed by atoms with van der Waals surface area (Å²) < 4.78 is 5.41. The molecule has 0 radical (unpaired) electrons. The lowest BCUT2D eigenvalue weighted by atomic mass is 10.1. The van der Waals surface area contributed by atoms with Crippen molar-refractivity contribution in [3.05, 3.63) is 78.4 Å². The predicted octanol–water partition coefficient (Wildman–Crippen LogP) is 5.83. The second-order valence-electron chi connectivity index (χ2n) is 7.03. The van der Waals surface area contributed by atoms with Gasteiger partial charge in [0.05, 0.1) is 12.4 Å². The lowest BCUT2D eigenvalue weighted by Crippen LogP contribution is -2.19. The Kier molecular flexibility index (Phi) is 8.86. The van der Waals surface area contributed by atoms with Gasteiger partial charge in [-0.2, -0.15) is 0 Å². The van der Waals surface area contributed by atoms with E-state index in [9.17, 15) is 9.59 Å². The maximum atomic E-state index is 12.3. The molecule has 3 aromatic rings. The first-order valence-corrected chi connectivity index (χ1v) is 11.8. The SMILES string of the molecule is CCOc1ccc(NC(=O)CSc2cccc(NC(=S)Nc3ccc(C(C)=O)cc3)c2)cc1. The van der Waals surface area contributed by atoms with Gasteiger partial charge in [0.15, 0.2) is 10.9 Å². The zero-order chi connectivity index (χ0) is 23.6. The number of benzene rings is 3. The van der Waals surface area contributed by atoms with Crippen LogP contribution in [-0.2, 0) is 4.79 Å². The predicted molar refractivity (Wildman–Crippen MR) is 140 cm³/mol. The minimum atomic E-state index is -0.0892. The average Bonchev–Trinajstić information content (AvgIpc) is 2.80. The molecule has 3 aromatic carbocycles. The molecule has 170 valence electrons.